The lowest BCUT2D eigenvalue weighted by molar-refractivity contribution is -0.143. The van der Waals surface area contributed by atoms with Crippen molar-refractivity contribution in [2.75, 3.05) is 0 Å². The topological polar surface area (TPSA) is 37.3 Å². The smallest absolute Gasteiger partial charge is 0.306 e. The normalized spacial score (nSPS) is 48.1. The van der Waals surface area contributed by atoms with Gasteiger partial charge in [-0.15, -0.1) is 0 Å². The van der Waals surface area contributed by atoms with E-state index in [1.807, 2.05) is 0 Å². The lowest BCUT2D eigenvalue weighted by Gasteiger charge is -2.23. The molecule has 0 aliphatic heterocycles. The molecule has 0 saturated heterocycles. The minimum atomic E-state index is -0.571. The standard InChI is InChI=1S/C9H14O2/c1-9-3-2-6(4-9)7(5-9)8(10)11/h6-7H,2-5H2,1H3,(H,10,11)/t6?,7?,9-/m0/s1. The average molecular weight is 154 g/mol. The Labute approximate surface area is 66.6 Å². The zero-order valence-electron chi connectivity index (χ0n) is 6.84. The molecule has 2 nitrogen and oxygen atoms in total. The number of carbonyl (C=O) groups is 1. The molecule has 11 heavy (non-hydrogen) atoms. The Morgan fingerprint density at radius 2 is 2.27 bits per heavy atom. The van der Waals surface area contributed by atoms with Gasteiger partial charge in [0.1, 0.15) is 0 Å². The second-order valence-electron chi connectivity index (χ2n) is 4.46. The maximum Gasteiger partial charge on any atom is 0.306 e. The highest BCUT2D eigenvalue weighted by molar-refractivity contribution is 5.71. The van der Waals surface area contributed by atoms with Crippen LogP contribution in [0.1, 0.15) is 32.6 Å². The van der Waals surface area contributed by atoms with Crippen LogP contribution in [0.3, 0.4) is 0 Å². The van der Waals surface area contributed by atoms with Gasteiger partial charge in [0.25, 0.3) is 0 Å². The SMILES string of the molecule is C[C@]12CCC(C1)C(C(=O)O)C2. The van der Waals surface area contributed by atoms with Crippen LogP contribution < -0.4 is 0 Å². The third-order valence-corrected chi connectivity index (χ3v) is 3.47. The monoisotopic (exact) mass is 154 g/mol. The quantitative estimate of drug-likeness (QED) is 0.626. The molecule has 0 aromatic heterocycles. The van der Waals surface area contributed by atoms with Crippen LogP contribution in [0.4, 0.5) is 0 Å². The van der Waals surface area contributed by atoms with Crippen LogP contribution in [0.2, 0.25) is 0 Å². The van der Waals surface area contributed by atoms with Crippen molar-refractivity contribution in [2.45, 2.75) is 32.6 Å². The van der Waals surface area contributed by atoms with Crippen LogP contribution in [0.5, 0.6) is 0 Å². The van der Waals surface area contributed by atoms with E-state index in [4.69, 9.17) is 5.11 Å². The van der Waals surface area contributed by atoms with Gasteiger partial charge in [-0.05, 0) is 37.0 Å². The zero-order valence-corrected chi connectivity index (χ0v) is 6.84. The summed E-state index contributed by atoms with van der Waals surface area (Å²) in [7, 11) is 0. The number of carboxylic acid groups (broad SMARTS) is 1. The highest BCUT2D eigenvalue weighted by atomic mass is 16.4. The fraction of sp³-hybridized carbons (Fsp3) is 0.889. The molecule has 2 aliphatic carbocycles. The van der Waals surface area contributed by atoms with Gasteiger partial charge in [0, 0.05) is 0 Å². The second-order valence-corrected chi connectivity index (χ2v) is 4.46. The lowest BCUT2D eigenvalue weighted by atomic mass is 9.82. The van der Waals surface area contributed by atoms with Crippen molar-refractivity contribution in [1.29, 1.82) is 0 Å². The Bertz CT molecular complexity index is 200. The van der Waals surface area contributed by atoms with Gasteiger partial charge in [-0.25, -0.2) is 0 Å². The van der Waals surface area contributed by atoms with Gasteiger partial charge in [0.05, 0.1) is 5.92 Å². The molecular weight excluding hydrogens is 140 g/mol. The van der Waals surface area contributed by atoms with E-state index in [1.54, 1.807) is 0 Å². The summed E-state index contributed by atoms with van der Waals surface area (Å²) in [6.45, 7) is 2.23. The van der Waals surface area contributed by atoms with Crippen molar-refractivity contribution in [3.05, 3.63) is 0 Å². The van der Waals surface area contributed by atoms with E-state index >= 15 is 0 Å². The molecule has 2 fully saturated rings. The summed E-state index contributed by atoms with van der Waals surface area (Å²) in [6, 6.07) is 0. The van der Waals surface area contributed by atoms with Crippen molar-refractivity contribution in [3.8, 4) is 0 Å². The van der Waals surface area contributed by atoms with E-state index in [0.29, 0.717) is 11.3 Å². The van der Waals surface area contributed by atoms with Crippen molar-refractivity contribution in [2.24, 2.45) is 17.3 Å². The van der Waals surface area contributed by atoms with Gasteiger partial charge < -0.3 is 5.11 Å². The first-order valence-electron chi connectivity index (χ1n) is 4.34. The van der Waals surface area contributed by atoms with Crippen molar-refractivity contribution < 1.29 is 9.90 Å². The zero-order chi connectivity index (χ0) is 8.06. The number of hydrogen-bond donors (Lipinski definition) is 1. The van der Waals surface area contributed by atoms with Crippen molar-refractivity contribution >= 4 is 5.97 Å². The Balaban J connectivity index is 2.16. The highest BCUT2D eigenvalue weighted by Crippen LogP contribution is 2.56. The average Bonchev–Trinajstić information content (AvgIpc) is 2.41. The maximum atomic E-state index is 10.7. The molecule has 1 N–H and O–H groups in total. The Morgan fingerprint density at radius 3 is 2.55 bits per heavy atom. The van der Waals surface area contributed by atoms with E-state index in [1.165, 1.54) is 6.42 Å². The molecule has 2 bridgehead atoms. The molecule has 2 rings (SSSR count). The molecule has 62 valence electrons. The molecule has 0 aromatic rings. The summed E-state index contributed by atoms with van der Waals surface area (Å²) in [5, 5.41) is 8.85. The fourth-order valence-electron chi connectivity index (χ4n) is 2.89. The molecule has 0 radical (unpaired) electrons. The van der Waals surface area contributed by atoms with Crippen LogP contribution >= 0.6 is 0 Å². The number of rotatable bonds is 1. The van der Waals surface area contributed by atoms with Crippen LogP contribution in [-0.2, 0) is 4.79 Å². The van der Waals surface area contributed by atoms with Gasteiger partial charge in [0.15, 0.2) is 0 Å². The molecule has 0 heterocycles. The Morgan fingerprint density at radius 1 is 1.55 bits per heavy atom. The summed E-state index contributed by atoms with van der Waals surface area (Å²) < 4.78 is 0. The molecule has 0 aromatic carbocycles. The second kappa shape index (κ2) is 1.99. The Kier molecular flexibility index (Phi) is 1.29. The summed E-state index contributed by atoms with van der Waals surface area (Å²) in [5.74, 6) is -0.0929. The summed E-state index contributed by atoms with van der Waals surface area (Å²) in [4.78, 5) is 10.7. The molecule has 0 amide bonds. The number of aliphatic carboxylic acids is 1. The third-order valence-electron chi connectivity index (χ3n) is 3.47. The van der Waals surface area contributed by atoms with Crippen LogP contribution in [0.25, 0.3) is 0 Å². The van der Waals surface area contributed by atoms with Gasteiger partial charge in [-0.3, -0.25) is 4.79 Å². The first-order valence-corrected chi connectivity index (χ1v) is 4.34. The molecule has 2 saturated carbocycles. The Hall–Kier alpha value is -0.530. The van der Waals surface area contributed by atoms with Gasteiger partial charge in [0.2, 0.25) is 0 Å². The summed E-state index contributed by atoms with van der Waals surface area (Å²) in [5.41, 5.74) is 0.383. The first kappa shape index (κ1) is 7.14. The van der Waals surface area contributed by atoms with Crippen molar-refractivity contribution in [3.63, 3.8) is 0 Å². The lowest BCUT2D eigenvalue weighted by Crippen LogP contribution is -2.22. The van der Waals surface area contributed by atoms with Crippen LogP contribution in [-0.4, -0.2) is 11.1 Å². The van der Waals surface area contributed by atoms with E-state index in [0.717, 1.165) is 19.3 Å². The fourth-order valence-corrected chi connectivity index (χ4v) is 2.89. The molecule has 0 spiro atoms. The highest BCUT2D eigenvalue weighted by Gasteiger charge is 2.50. The third kappa shape index (κ3) is 0.959. The predicted octanol–water partition coefficient (Wildman–Crippen LogP) is 1.90. The van der Waals surface area contributed by atoms with Crippen molar-refractivity contribution in [1.82, 2.24) is 0 Å². The van der Waals surface area contributed by atoms with E-state index < -0.39 is 5.97 Å². The van der Waals surface area contributed by atoms with E-state index in [9.17, 15) is 4.79 Å². The molecule has 2 heteroatoms. The van der Waals surface area contributed by atoms with Crippen LogP contribution in [0.15, 0.2) is 0 Å². The largest absolute Gasteiger partial charge is 0.481 e. The predicted molar refractivity (Wildman–Crippen MR) is 41.2 cm³/mol. The maximum absolute atomic E-state index is 10.7. The molecule has 3 atom stereocenters. The van der Waals surface area contributed by atoms with E-state index in [-0.39, 0.29) is 5.92 Å². The van der Waals surface area contributed by atoms with Crippen LogP contribution in [0, 0.1) is 17.3 Å². The minimum Gasteiger partial charge on any atom is -0.481 e. The van der Waals surface area contributed by atoms with Gasteiger partial charge in [-0.1, -0.05) is 6.92 Å². The molecule has 2 aliphatic rings. The van der Waals surface area contributed by atoms with Gasteiger partial charge >= 0.3 is 5.97 Å². The first-order chi connectivity index (χ1) is 5.11. The minimum absolute atomic E-state index is 0.0197. The van der Waals surface area contributed by atoms with E-state index in [2.05, 4.69) is 6.92 Å². The molecule has 2 unspecified atom stereocenters. The van der Waals surface area contributed by atoms with Gasteiger partial charge in [-0.2, -0.15) is 0 Å². The number of carboxylic acids is 1. The summed E-state index contributed by atoms with van der Waals surface area (Å²) >= 11 is 0. The number of hydrogen-bond acceptors (Lipinski definition) is 1. The summed E-state index contributed by atoms with van der Waals surface area (Å²) in [6.07, 6.45) is 4.48. The number of fused-ring (bicyclic) bond motifs is 2. The molecular formula is C9H14O2.